The van der Waals surface area contributed by atoms with Crippen LogP contribution in [0.5, 0.6) is 0 Å². The van der Waals surface area contributed by atoms with E-state index < -0.39 is 11.5 Å². The number of hydrogen-bond acceptors (Lipinski definition) is 5. The van der Waals surface area contributed by atoms with E-state index >= 15 is 0 Å². The Hall–Kier alpha value is -3.21. The van der Waals surface area contributed by atoms with Gasteiger partial charge in [-0.2, -0.15) is 5.26 Å². The van der Waals surface area contributed by atoms with E-state index in [9.17, 15) is 14.7 Å². The number of nitrogens with zero attached hydrogens (tertiary/aromatic N) is 2. The summed E-state index contributed by atoms with van der Waals surface area (Å²) in [5.74, 6) is -0.762. The Bertz CT molecular complexity index is 951. The Morgan fingerprint density at radius 1 is 1.19 bits per heavy atom. The van der Waals surface area contributed by atoms with Crippen molar-refractivity contribution < 1.29 is 19.8 Å². The topological polar surface area (TPSA) is 129 Å². The number of benzene rings is 1. The van der Waals surface area contributed by atoms with Gasteiger partial charge in [0.15, 0.2) is 5.78 Å². The highest BCUT2D eigenvalue weighted by molar-refractivity contribution is 5.94. The van der Waals surface area contributed by atoms with E-state index in [0.29, 0.717) is 24.1 Å². The van der Waals surface area contributed by atoms with E-state index in [1.54, 1.807) is 19.1 Å². The molecule has 4 N–H and O–H groups in total. The molecule has 1 aromatic carbocycles. The largest absolute Gasteiger partial charge is 0.478 e. The zero-order valence-electron chi connectivity index (χ0n) is 19.0. The highest BCUT2D eigenvalue weighted by Crippen LogP contribution is 2.16. The highest BCUT2D eigenvalue weighted by atomic mass is 16.4. The molecule has 32 heavy (non-hydrogen) atoms. The fourth-order valence-electron chi connectivity index (χ4n) is 3.05. The Kier molecular flexibility index (Phi) is 11.1. The van der Waals surface area contributed by atoms with Gasteiger partial charge < -0.3 is 20.5 Å². The summed E-state index contributed by atoms with van der Waals surface area (Å²) in [6.07, 6.45) is 6.02. The molecule has 0 saturated carbocycles. The van der Waals surface area contributed by atoms with Crippen LogP contribution < -0.4 is 5.73 Å². The monoisotopic (exact) mass is 439 g/mol. The fraction of sp³-hybridized carbons (Fsp3) is 0.400. The predicted molar refractivity (Wildman–Crippen MR) is 124 cm³/mol. The Morgan fingerprint density at radius 2 is 1.84 bits per heavy atom. The van der Waals surface area contributed by atoms with Crippen molar-refractivity contribution in [1.29, 1.82) is 5.26 Å². The number of rotatable bonds is 10. The number of carboxylic acids is 1. The summed E-state index contributed by atoms with van der Waals surface area (Å²) in [6, 6.07) is 13.4. The van der Waals surface area contributed by atoms with Crippen LogP contribution in [-0.4, -0.2) is 38.7 Å². The van der Waals surface area contributed by atoms with Gasteiger partial charge in [-0.15, -0.1) is 0 Å². The van der Waals surface area contributed by atoms with Crippen molar-refractivity contribution in [2.45, 2.75) is 51.5 Å². The van der Waals surface area contributed by atoms with Gasteiger partial charge in [0, 0.05) is 30.8 Å². The molecule has 0 bridgehead atoms. The van der Waals surface area contributed by atoms with Crippen LogP contribution in [0.25, 0.3) is 0 Å². The quantitative estimate of drug-likeness (QED) is 0.384. The molecule has 0 spiro atoms. The number of carbonyl (C=O) groups excluding carboxylic acids is 1. The molecule has 0 radical (unpaired) electrons. The van der Waals surface area contributed by atoms with Crippen LogP contribution in [0.2, 0.25) is 0 Å². The first-order valence-electron chi connectivity index (χ1n) is 10.6. The summed E-state index contributed by atoms with van der Waals surface area (Å²) in [4.78, 5) is 22.0. The van der Waals surface area contributed by atoms with Crippen molar-refractivity contribution in [2.75, 3.05) is 6.61 Å². The molecule has 172 valence electrons. The second kappa shape index (κ2) is 13.3. The number of nitriles is 1. The van der Waals surface area contributed by atoms with E-state index in [1.165, 1.54) is 6.08 Å². The van der Waals surface area contributed by atoms with E-state index in [0.717, 1.165) is 36.6 Å². The summed E-state index contributed by atoms with van der Waals surface area (Å²) in [6.45, 7) is 3.43. The number of aliphatic carboxylic acids is 1. The molecule has 0 aliphatic heterocycles. The maximum absolute atomic E-state index is 12.5. The lowest BCUT2D eigenvalue weighted by Gasteiger charge is -2.21. The normalized spacial score (nSPS) is 12.5. The highest BCUT2D eigenvalue weighted by Gasteiger charge is 2.19. The molecular formula is C25H33N3O4. The zero-order valence-corrected chi connectivity index (χ0v) is 19.0. The lowest BCUT2D eigenvalue weighted by atomic mass is 9.97. The van der Waals surface area contributed by atoms with Crippen molar-refractivity contribution in [3.05, 3.63) is 71.1 Å². The molecule has 0 fully saturated rings. The van der Waals surface area contributed by atoms with Crippen LogP contribution >= 0.6 is 0 Å². The van der Waals surface area contributed by atoms with Gasteiger partial charge in [-0.25, -0.2) is 4.79 Å². The summed E-state index contributed by atoms with van der Waals surface area (Å²) >= 11 is 0. The van der Waals surface area contributed by atoms with E-state index in [1.807, 2.05) is 42.8 Å². The number of aryl methyl sites for hydroxylation is 2. The number of nitrogens with two attached hydrogens (primary N) is 1. The molecule has 1 heterocycles. The third-order valence-corrected chi connectivity index (χ3v) is 5.09. The minimum absolute atomic E-state index is 0.0570. The maximum Gasteiger partial charge on any atom is 0.327 e. The van der Waals surface area contributed by atoms with Crippen LogP contribution in [0, 0.1) is 11.3 Å². The Labute approximate surface area is 189 Å². The second-order valence-electron chi connectivity index (χ2n) is 8.00. The van der Waals surface area contributed by atoms with Gasteiger partial charge in [0.2, 0.25) is 0 Å². The standard InChI is InChI=1S/C21H27N3O2.C4H6O2/c1-21(23,15-25)13-12-18-10-11-19(24(18)2)20(26)5-3-4-16-6-8-17(14-22)9-7-16;1-2-3-4(5)6/h6-11,25H,3-5,12-13,15,23H2,1-2H3;2-3H,1H3,(H,5,6)/b;3-2+/t21-;/m1./s1. The lowest BCUT2D eigenvalue weighted by Crippen LogP contribution is -2.40. The van der Waals surface area contributed by atoms with Gasteiger partial charge >= 0.3 is 5.97 Å². The molecule has 0 amide bonds. The van der Waals surface area contributed by atoms with E-state index in [2.05, 4.69) is 6.07 Å². The average molecular weight is 440 g/mol. The van der Waals surface area contributed by atoms with E-state index in [-0.39, 0.29) is 12.4 Å². The molecule has 0 aliphatic carbocycles. The Morgan fingerprint density at radius 3 is 2.34 bits per heavy atom. The molecule has 7 nitrogen and oxygen atoms in total. The minimum Gasteiger partial charge on any atom is -0.478 e. The van der Waals surface area contributed by atoms with Crippen LogP contribution in [0.15, 0.2) is 48.6 Å². The number of ketones is 1. The molecule has 7 heteroatoms. The van der Waals surface area contributed by atoms with Gasteiger partial charge in [0.25, 0.3) is 0 Å². The molecule has 1 aromatic heterocycles. The van der Waals surface area contributed by atoms with Crippen LogP contribution in [-0.2, 0) is 24.7 Å². The third kappa shape index (κ3) is 9.29. The summed E-state index contributed by atoms with van der Waals surface area (Å²) in [7, 11) is 1.90. The molecule has 0 unspecified atom stereocenters. The maximum atomic E-state index is 12.5. The fourth-order valence-corrected chi connectivity index (χ4v) is 3.05. The lowest BCUT2D eigenvalue weighted by molar-refractivity contribution is -0.131. The molecule has 2 rings (SSSR count). The van der Waals surface area contributed by atoms with Gasteiger partial charge in [0.05, 0.1) is 23.9 Å². The SMILES string of the molecule is C/C=C/C(=O)O.Cn1c(CC[C@@](C)(N)CO)ccc1C(=O)CCCc1ccc(C#N)cc1. The van der Waals surface area contributed by atoms with Crippen LogP contribution in [0.3, 0.4) is 0 Å². The summed E-state index contributed by atoms with van der Waals surface area (Å²) in [5, 5.41) is 25.9. The van der Waals surface area contributed by atoms with Crippen molar-refractivity contribution in [3.63, 3.8) is 0 Å². The molecule has 0 aliphatic rings. The van der Waals surface area contributed by atoms with Crippen molar-refractivity contribution >= 4 is 11.8 Å². The zero-order chi connectivity index (χ0) is 24.1. The Balaban J connectivity index is 0.000000751. The first kappa shape index (κ1) is 26.8. The first-order chi connectivity index (χ1) is 15.1. The number of carboxylic acid groups (broad SMARTS) is 1. The van der Waals surface area contributed by atoms with E-state index in [4.69, 9.17) is 16.1 Å². The van der Waals surface area contributed by atoms with Crippen molar-refractivity contribution in [1.82, 2.24) is 4.57 Å². The number of aliphatic hydroxyl groups is 1. The van der Waals surface area contributed by atoms with Crippen molar-refractivity contribution in [3.8, 4) is 6.07 Å². The number of hydrogen-bond donors (Lipinski definition) is 3. The number of Topliss-reactive ketones (excluding diaryl/α,β-unsaturated/α-hetero) is 1. The average Bonchev–Trinajstić information content (AvgIpc) is 3.13. The number of allylic oxidation sites excluding steroid dienone is 1. The number of aromatic nitrogens is 1. The predicted octanol–water partition coefficient (Wildman–Crippen LogP) is 3.39. The molecule has 2 aromatic rings. The van der Waals surface area contributed by atoms with Crippen LogP contribution in [0.4, 0.5) is 0 Å². The molecule has 0 saturated heterocycles. The van der Waals surface area contributed by atoms with Gasteiger partial charge in [-0.3, -0.25) is 4.79 Å². The van der Waals surface area contributed by atoms with Crippen molar-refractivity contribution in [2.24, 2.45) is 12.8 Å². The number of carbonyl (C=O) groups is 2. The number of aliphatic hydroxyl groups excluding tert-OH is 1. The van der Waals surface area contributed by atoms with Gasteiger partial charge in [-0.1, -0.05) is 18.2 Å². The van der Waals surface area contributed by atoms with Gasteiger partial charge in [0.1, 0.15) is 0 Å². The van der Waals surface area contributed by atoms with Crippen LogP contribution in [0.1, 0.15) is 60.4 Å². The minimum atomic E-state index is -0.891. The smallest absolute Gasteiger partial charge is 0.327 e. The molecular weight excluding hydrogens is 406 g/mol. The first-order valence-corrected chi connectivity index (χ1v) is 10.6. The second-order valence-corrected chi connectivity index (χ2v) is 8.00. The summed E-state index contributed by atoms with van der Waals surface area (Å²) < 4.78 is 1.93. The van der Waals surface area contributed by atoms with Gasteiger partial charge in [-0.05, 0) is 69.4 Å². The molecule has 1 atom stereocenters. The summed E-state index contributed by atoms with van der Waals surface area (Å²) in [5.41, 5.74) is 8.92. The third-order valence-electron chi connectivity index (χ3n) is 5.09.